The van der Waals surface area contributed by atoms with E-state index in [1.807, 2.05) is 18.2 Å². The Kier molecular flexibility index (Phi) is 7.19. The summed E-state index contributed by atoms with van der Waals surface area (Å²) < 4.78 is 9.69. The Morgan fingerprint density at radius 2 is 2.26 bits per heavy atom. The molecule has 5 nitrogen and oxygen atoms in total. The molecule has 0 bridgehead atoms. The molecule has 0 fully saturated rings. The van der Waals surface area contributed by atoms with Crippen LogP contribution in [0.5, 0.6) is 0 Å². The Hall–Kier alpha value is -1.35. The van der Waals surface area contributed by atoms with E-state index in [2.05, 4.69) is 19.3 Å². The fourth-order valence-corrected chi connectivity index (χ4v) is 2.00. The third-order valence-electron chi connectivity index (χ3n) is 2.67. The number of rotatable bonds is 6. The molecular weight excluding hydrogens is 265 g/mol. The van der Waals surface area contributed by atoms with Gasteiger partial charge in [0.2, 0.25) is 0 Å². The molecule has 1 amide bonds. The van der Waals surface area contributed by atoms with Crippen LogP contribution in [0, 0.1) is 0 Å². The van der Waals surface area contributed by atoms with Crippen molar-refractivity contribution in [2.45, 2.75) is 25.3 Å². The van der Waals surface area contributed by atoms with Crippen LogP contribution in [-0.2, 0) is 14.3 Å². The largest absolute Gasteiger partial charge is 0.467 e. The number of hydrogen-bond acceptors (Lipinski definition) is 4. The van der Waals surface area contributed by atoms with Gasteiger partial charge in [0.05, 0.1) is 7.11 Å². The zero-order valence-electron chi connectivity index (χ0n) is 11.1. The Labute approximate surface area is 115 Å². The molecular formula is C13H20NO4P. The normalized spacial score (nSPS) is 15.4. The molecule has 0 heterocycles. The highest BCUT2D eigenvalue weighted by Crippen LogP contribution is 2.09. The van der Waals surface area contributed by atoms with E-state index in [-0.39, 0.29) is 6.61 Å². The summed E-state index contributed by atoms with van der Waals surface area (Å²) in [5.41, 5.74) is 0.974. The van der Waals surface area contributed by atoms with Crippen LogP contribution >= 0.6 is 9.24 Å². The van der Waals surface area contributed by atoms with Gasteiger partial charge < -0.3 is 14.8 Å². The number of alkyl carbamates (subject to hydrolysis) is 1. The van der Waals surface area contributed by atoms with Crippen LogP contribution in [-0.4, -0.2) is 38.0 Å². The van der Waals surface area contributed by atoms with Crippen molar-refractivity contribution in [1.82, 2.24) is 5.32 Å². The number of hydrogen-bond donors (Lipinski definition) is 1. The molecule has 0 saturated carbocycles. The molecule has 0 aromatic heterocycles. The van der Waals surface area contributed by atoms with Gasteiger partial charge in [0.15, 0.2) is 0 Å². The zero-order chi connectivity index (χ0) is 14.1. The highest BCUT2D eigenvalue weighted by atomic mass is 31.0. The molecule has 0 saturated heterocycles. The lowest BCUT2D eigenvalue weighted by molar-refractivity contribution is -0.143. The molecule has 1 aliphatic carbocycles. The van der Waals surface area contributed by atoms with Gasteiger partial charge in [-0.15, -0.1) is 9.24 Å². The third kappa shape index (κ3) is 5.88. The van der Waals surface area contributed by atoms with E-state index < -0.39 is 18.1 Å². The number of carbonyl (C=O) groups is 2. The van der Waals surface area contributed by atoms with Crippen molar-refractivity contribution in [3.63, 3.8) is 0 Å². The predicted molar refractivity (Wildman–Crippen MR) is 75.9 cm³/mol. The van der Waals surface area contributed by atoms with Gasteiger partial charge in [-0.25, -0.2) is 9.59 Å². The quantitative estimate of drug-likeness (QED) is 0.597. The van der Waals surface area contributed by atoms with Crippen LogP contribution in [0.25, 0.3) is 0 Å². The fraction of sp³-hybridized carbons (Fsp3) is 0.538. The SMILES string of the molecule is COC(=O)C(CCP)NC(=O)OCC1=CCCC=C1. The number of methoxy groups -OCH3 is 1. The second-order valence-corrected chi connectivity index (χ2v) is 4.71. The van der Waals surface area contributed by atoms with E-state index in [0.29, 0.717) is 12.6 Å². The maximum absolute atomic E-state index is 11.6. The minimum Gasteiger partial charge on any atom is -0.467 e. The van der Waals surface area contributed by atoms with Gasteiger partial charge in [0, 0.05) is 0 Å². The molecule has 1 N–H and O–H groups in total. The Balaban J connectivity index is 2.37. The number of ether oxygens (including phenoxy) is 2. The first-order valence-corrected chi connectivity index (χ1v) is 7.05. The van der Waals surface area contributed by atoms with Crippen LogP contribution in [0.1, 0.15) is 19.3 Å². The Morgan fingerprint density at radius 3 is 2.84 bits per heavy atom. The number of amides is 1. The van der Waals surface area contributed by atoms with Gasteiger partial charge >= 0.3 is 12.1 Å². The first-order valence-electron chi connectivity index (χ1n) is 6.24. The summed E-state index contributed by atoms with van der Waals surface area (Å²) in [5, 5.41) is 2.51. The maximum Gasteiger partial charge on any atom is 0.408 e. The van der Waals surface area contributed by atoms with Gasteiger partial charge in [-0.05, 0) is 31.0 Å². The average molecular weight is 285 g/mol. The first kappa shape index (κ1) is 15.7. The number of esters is 1. The smallest absolute Gasteiger partial charge is 0.408 e. The van der Waals surface area contributed by atoms with Crippen molar-refractivity contribution in [1.29, 1.82) is 0 Å². The standard InChI is InChI=1S/C13H20NO4P/c1-17-12(15)11(7-8-19)14-13(16)18-9-10-5-3-2-4-6-10/h3,5-6,11H,2,4,7-9,19H2,1H3,(H,14,16). The molecule has 106 valence electrons. The summed E-state index contributed by atoms with van der Waals surface area (Å²) in [7, 11) is 3.80. The summed E-state index contributed by atoms with van der Waals surface area (Å²) in [6.45, 7) is 0.219. The van der Waals surface area contributed by atoms with Crippen LogP contribution in [0.4, 0.5) is 4.79 Å². The van der Waals surface area contributed by atoms with Crippen molar-refractivity contribution in [3.05, 3.63) is 23.8 Å². The Bertz CT molecular complexity index is 379. The highest BCUT2D eigenvalue weighted by molar-refractivity contribution is 7.16. The highest BCUT2D eigenvalue weighted by Gasteiger charge is 2.21. The first-order chi connectivity index (χ1) is 9.17. The fourth-order valence-electron chi connectivity index (χ4n) is 1.67. The maximum atomic E-state index is 11.6. The molecule has 0 radical (unpaired) electrons. The van der Waals surface area contributed by atoms with Gasteiger partial charge in [0.1, 0.15) is 12.6 Å². The molecule has 0 aromatic carbocycles. The van der Waals surface area contributed by atoms with Gasteiger partial charge in [-0.3, -0.25) is 0 Å². The van der Waals surface area contributed by atoms with Crippen molar-refractivity contribution in [2.24, 2.45) is 0 Å². The summed E-state index contributed by atoms with van der Waals surface area (Å²) in [6, 6.07) is -0.661. The lowest BCUT2D eigenvalue weighted by Crippen LogP contribution is -2.42. The monoisotopic (exact) mass is 285 g/mol. The van der Waals surface area contributed by atoms with Crippen LogP contribution in [0.15, 0.2) is 23.8 Å². The molecule has 6 heteroatoms. The van der Waals surface area contributed by atoms with Crippen molar-refractivity contribution in [3.8, 4) is 0 Å². The summed E-state index contributed by atoms with van der Waals surface area (Å²) in [6.07, 6.45) is 8.59. The predicted octanol–water partition coefficient (Wildman–Crippen LogP) is 1.80. The minimum absolute atomic E-state index is 0.219. The second kappa shape index (κ2) is 8.70. The number of allylic oxidation sites excluding steroid dienone is 2. The van der Waals surface area contributed by atoms with Crippen LogP contribution < -0.4 is 5.32 Å². The van der Waals surface area contributed by atoms with E-state index >= 15 is 0 Å². The van der Waals surface area contributed by atoms with Gasteiger partial charge in [-0.2, -0.15) is 0 Å². The second-order valence-electron chi connectivity index (χ2n) is 4.13. The van der Waals surface area contributed by atoms with Crippen molar-refractivity contribution in [2.75, 3.05) is 19.9 Å². The Morgan fingerprint density at radius 1 is 1.47 bits per heavy atom. The number of carbonyl (C=O) groups excluding carboxylic acids is 2. The van der Waals surface area contributed by atoms with E-state index in [1.165, 1.54) is 7.11 Å². The van der Waals surface area contributed by atoms with Crippen molar-refractivity contribution < 1.29 is 19.1 Å². The molecule has 1 aliphatic rings. The lowest BCUT2D eigenvalue weighted by atomic mass is 10.1. The van der Waals surface area contributed by atoms with E-state index in [1.54, 1.807) is 0 Å². The number of nitrogens with one attached hydrogen (secondary N) is 1. The van der Waals surface area contributed by atoms with E-state index in [9.17, 15) is 9.59 Å². The summed E-state index contributed by atoms with van der Waals surface area (Å²) >= 11 is 0. The van der Waals surface area contributed by atoms with E-state index in [4.69, 9.17) is 4.74 Å². The zero-order valence-corrected chi connectivity index (χ0v) is 12.2. The van der Waals surface area contributed by atoms with Gasteiger partial charge in [0.25, 0.3) is 0 Å². The van der Waals surface area contributed by atoms with Crippen LogP contribution in [0.3, 0.4) is 0 Å². The van der Waals surface area contributed by atoms with Gasteiger partial charge in [-0.1, -0.05) is 18.2 Å². The summed E-state index contributed by atoms with van der Waals surface area (Å²) in [4.78, 5) is 23.0. The average Bonchev–Trinajstić information content (AvgIpc) is 2.45. The molecule has 1 rings (SSSR count). The lowest BCUT2D eigenvalue weighted by Gasteiger charge is -2.16. The van der Waals surface area contributed by atoms with E-state index in [0.717, 1.165) is 18.4 Å². The molecule has 0 spiro atoms. The molecule has 2 unspecified atom stereocenters. The minimum atomic E-state index is -0.661. The van der Waals surface area contributed by atoms with Crippen LogP contribution in [0.2, 0.25) is 0 Å². The summed E-state index contributed by atoms with van der Waals surface area (Å²) in [5.74, 6) is -0.462. The topological polar surface area (TPSA) is 64.6 Å². The molecule has 19 heavy (non-hydrogen) atoms. The van der Waals surface area contributed by atoms with Crippen molar-refractivity contribution >= 4 is 21.3 Å². The molecule has 0 aromatic rings. The third-order valence-corrected chi connectivity index (χ3v) is 3.01. The molecule has 2 atom stereocenters. The molecule has 0 aliphatic heterocycles.